The van der Waals surface area contributed by atoms with Crippen molar-refractivity contribution in [1.82, 2.24) is 0 Å². The van der Waals surface area contributed by atoms with Crippen LogP contribution in [0.15, 0.2) is 48.5 Å². The highest BCUT2D eigenvalue weighted by atomic mass is 19.4. The summed E-state index contributed by atoms with van der Waals surface area (Å²) in [5.41, 5.74) is -0.108. The molecule has 0 aliphatic rings. The zero-order valence-electron chi connectivity index (χ0n) is 35.3. The van der Waals surface area contributed by atoms with E-state index in [2.05, 4.69) is 5.32 Å². The molecule has 348 valence electrons. The molecule has 2 rings (SSSR count). The molecule has 0 heterocycles. The van der Waals surface area contributed by atoms with Crippen LogP contribution in [0.1, 0.15) is 35.7 Å². The normalized spacial score (nSPS) is 11.5. The van der Waals surface area contributed by atoms with Gasteiger partial charge in [0.1, 0.15) is 13.2 Å². The number of rotatable bonds is 41. The van der Waals surface area contributed by atoms with Crippen LogP contribution in [0.5, 0.6) is 0 Å². The molecule has 0 aliphatic heterocycles. The smallest absolute Gasteiger partial charge is 0.416 e. The van der Waals surface area contributed by atoms with Gasteiger partial charge in [-0.1, -0.05) is 25.1 Å². The van der Waals surface area contributed by atoms with Gasteiger partial charge in [0.05, 0.1) is 162 Å². The Morgan fingerprint density at radius 3 is 1.21 bits per heavy atom. The number of ether oxygens (including phenoxy) is 13. The third-order valence-corrected chi connectivity index (χ3v) is 7.74. The quantitative estimate of drug-likeness (QED) is 0.0690. The van der Waals surface area contributed by atoms with Gasteiger partial charge in [-0.25, -0.2) is 4.79 Å². The maximum absolute atomic E-state index is 13.1. The van der Waals surface area contributed by atoms with Crippen molar-refractivity contribution in [2.24, 2.45) is 0 Å². The van der Waals surface area contributed by atoms with E-state index in [1.165, 1.54) is 18.2 Å². The first-order valence-electron chi connectivity index (χ1n) is 20.5. The summed E-state index contributed by atoms with van der Waals surface area (Å²) in [6.07, 6.45) is -3.28. The van der Waals surface area contributed by atoms with E-state index >= 15 is 0 Å². The number of benzene rings is 2. The van der Waals surface area contributed by atoms with Gasteiger partial charge in [0.25, 0.3) is 0 Å². The largest absolute Gasteiger partial charge is 0.463 e. The van der Waals surface area contributed by atoms with E-state index in [1.807, 2.05) is 6.92 Å². The highest BCUT2D eigenvalue weighted by Crippen LogP contribution is 2.32. The summed E-state index contributed by atoms with van der Waals surface area (Å²) in [6, 6.07) is 11.1. The van der Waals surface area contributed by atoms with Gasteiger partial charge in [-0.3, -0.25) is 4.79 Å². The number of para-hydroxylation sites is 1. The summed E-state index contributed by atoms with van der Waals surface area (Å²) in [4.78, 5) is 23.8. The summed E-state index contributed by atoms with van der Waals surface area (Å²) < 4.78 is 109. The van der Waals surface area contributed by atoms with Crippen LogP contribution in [0.3, 0.4) is 0 Å². The van der Waals surface area contributed by atoms with Crippen LogP contribution < -0.4 is 5.32 Å². The van der Waals surface area contributed by atoms with Crippen LogP contribution in [0.2, 0.25) is 0 Å². The summed E-state index contributed by atoms with van der Waals surface area (Å²) in [5.74, 6) is -0.835. The number of halogens is 3. The van der Waals surface area contributed by atoms with E-state index in [0.29, 0.717) is 151 Å². The summed E-state index contributed by atoms with van der Waals surface area (Å²) in [6.45, 7) is 11.3. The maximum atomic E-state index is 13.1. The van der Waals surface area contributed by atoms with Crippen LogP contribution >= 0.6 is 0 Å². The monoisotopic (exact) mass is 879 g/mol. The zero-order valence-corrected chi connectivity index (χ0v) is 35.3. The Labute approximate surface area is 356 Å². The van der Waals surface area contributed by atoms with Crippen molar-refractivity contribution < 1.29 is 84.3 Å². The van der Waals surface area contributed by atoms with Crippen molar-refractivity contribution >= 4 is 23.3 Å². The van der Waals surface area contributed by atoms with Crippen LogP contribution in [-0.4, -0.2) is 171 Å². The Morgan fingerprint density at radius 2 is 0.836 bits per heavy atom. The fraction of sp³-hybridized carbons (Fsp3) is 0.667. The van der Waals surface area contributed by atoms with Crippen molar-refractivity contribution in [2.45, 2.75) is 25.9 Å². The van der Waals surface area contributed by atoms with E-state index < -0.39 is 17.7 Å². The number of nitrogens with one attached hydrogen (secondary N) is 1. The number of alkyl halides is 3. The highest BCUT2D eigenvalue weighted by Gasteiger charge is 2.30. The Kier molecular flexibility index (Phi) is 32.7. The van der Waals surface area contributed by atoms with Crippen LogP contribution in [0.4, 0.5) is 24.5 Å². The lowest BCUT2D eigenvalue weighted by atomic mass is 10.1. The SMILES string of the molecule is CCCC(=O)OCCOCCOCCOCCOCCOCCOCCOCCOCCOCCOCCOCCOC(=O)c1ccccc1Nc1cccc(C(F)(F)F)c1. The Hall–Kier alpha value is -3.47. The highest BCUT2D eigenvalue weighted by molar-refractivity contribution is 5.96. The Morgan fingerprint density at radius 1 is 0.475 bits per heavy atom. The minimum atomic E-state index is -4.48. The van der Waals surface area contributed by atoms with Crippen molar-refractivity contribution in [3.05, 3.63) is 59.7 Å². The molecule has 0 fully saturated rings. The molecule has 2 aromatic rings. The van der Waals surface area contributed by atoms with Crippen molar-refractivity contribution in [2.75, 3.05) is 164 Å². The van der Waals surface area contributed by atoms with Gasteiger partial charge in [0.2, 0.25) is 0 Å². The van der Waals surface area contributed by atoms with Crippen LogP contribution in [0, 0.1) is 0 Å². The number of hydrogen-bond donors (Lipinski definition) is 1. The molecule has 0 aromatic heterocycles. The van der Waals surface area contributed by atoms with Crippen molar-refractivity contribution in [3.8, 4) is 0 Å². The molecule has 0 saturated heterocycles. The average molecular weight is 880 g/mol. The first kappa shape index (κ1) is 53.7. The predicted octanol–water partition coefficient (Wildman–Crippen LogP) is 5.13. The van der Waals surface area contributed by atoms with Crippen molar-refractivity contribution in [3.63, 3.8) is 0 Å². The first-order valence-corrected chi connectivity index (χ1v) is 20.5. The lowest BCUT2D eigenvalue weighted by Gasteiger charge is -2.13. The molecule has 0 radical (unpaired) electrons. The van der Waals surface area contributed by atoms with Crippen LogP contribution in [0.25, 0.3) is 0 Å². The molecule has 0 atom stereocenters. The predicted molar refractivity (Wildman–Crippen MR) is 216 cm³/mol. The van der Waals surface area contributed by atoms with E-state index in [0.717, 1.165) is 18.6 Å². The topological polar surface area (TPSA) is 166 Å². The molecule has 0 amide bonds. The standard InChI is InChI=1S/C42H64F3NO15/c1-2-6-40(47)60-33-31-58-29-27-56-25-23-54-21-19-52-17-15-50-13-11-49-12-14-51-16-18-53-20-22-55-24-26-57-28-30-59-32-34-61-41(48)38-9-3-4-10-39(38)46-37-8-5-7-36(35-37)42(43,44)45/h3-5,7-10,35,46H,2,6,11-34H2,1H3. The number of carbonyl (C=O) groups excluding carboxylic acids is 2. The molecular formula is C42H64F3NO15. The summed E-state index contributed by atoms with van der Waals surface area (Å²) in [7, 11) is 0. The molecule has 0 unspecified atom stereocenters. The van der Waals surface area contributed by atoms with Gasteiger partial charge in [0, 0.05) is 12.1 Å². The van der Waals surface area contributed by atoms with Crippen LogP contribution in [-0.2, 0) is 72.6 Å². The third-order valence-electron chi connectivity index (χ3n) is 7.74. The number of hydrogen-bond acceptors (Lipinski definition) is 16. The molecule has 0 spiro atoms. The number of anilines is 2. The minimum Gasteiger partial charge on any atom is -0.463 e. The lowest BCUT2D eigenvalue weighted by Crippen LogP contribution is -2.16. The third kappa shape index (κ3) is 30.3. The van der Waals surface area contributed by atoms with Gasteiger partial charge in [-0.05, 0) is 36.8 Å². The zero-order chi connectivity index (χ0) is 43.9. The van der Waals surface area contributed by atoms with E-state index in [1.54, 1.807) is 18.2 Å². The first-order chi connectivity index (χ1) is 29.8. The molecular weight excluding hydrogens is 815 g/mol. The Balaban J connectivity index is 1.24. The molecule has 19 heteroatoms. The van der Waals surface area contributed by atoms with Crippen molar-refractivity contribution in [1.29, 1.82) is 0 Å². The van der Waals surface area contributed by atoms with Gasteiger partial charge in [-0.15, -0.1) is 0 Å². The second-order valence-electron chi connectivity index (χ2n) is 12.6. The Bertz CT molecular complexity index is 1380. The van der Waals surface area contributed by atoms with E-state index in [-0.39, 0.29) is 37.0 Å². The number of esters is 2. The molecule has 0 saturated carbocycles. The van der Waals surface area contributed by atoms with Gasteiger partial charge < -0.3 is 66.9 Å². The average Bonchev–Trinajstić information content (AvgIpc) is 3.24. The second kappa shape index (κ2) is 37.1. The minimum absolute atomic E-state index is 0.00804. The molecule has 0 bridgehead atoms. The van der Waals surface area contributed by atoms with Gasteiger partial charge in [0.15, 0.2) is 0 Å². The fourth-order valence-corrected chi connectivity index (χ4v) is 4.76. The lowest BCUT2D eigenvalue weighted by molar-refractivity contribution is -0.145. The van der Waals surface area contributed by atoms with E-state index in [9.17, 15) is 22.8 Å². The van der Waals surface area contributed by atoms with E-state index in [4.69, 9.17) is 61.6 Å². The molecule has 1 N–H and O–H groups in total. The summed E-state index contributed by atoms with van der Waals surface area (Å²) in [5, 5.41) is 2.86. The molecule has 16 nitrogen and oxygen atoms in total. The molecule has 0 aliphatic carbocycles. The second-order valence-corrected chi connectivity index (χ2v) is 12.6. The maximum Gasteiger partial charge on any atom is 0.416 e. The van der Waals surface area contributed by atoms with Gasteiger partial charge >= 0.3 is 18.1 Å². The fourth-order valence-electron chi connectivity index (χ4n) is 4.76. The molecule has 61 heavy (non-hydrogen) atoms. The summed E-state index contributed by atoms with van der Waals surface area (Å²) >= 11 is 0. The van der Waals surface area contributed by atoms with Gasteiger partial charge in [-0.2, -0.15) is 13.2 Å². The number of carbonyl (C=O) groups is 2. The molecule has 2 aromatic carbocycles.